The number of sulfonamides is 1. The summed E-state index contributed by atoms with van der Waals surface area (Å²) in [5.74, 6) is 0.00986. The zero-order valence-corrected chi connectivity index (χ0v) is 16.9. The summed E-state index contributed by atoms with van der Waals surface area (Å²) < 4.78 is 28.9. The van der Waals surface area contributed by atoms with E-state index >= 15 is 0 Å². The van der Waals surface area contributed by atoms with E-state index in [0.29, 0.717) is 37.4 Å². The highest BCUT2D eigenvalue weighted by Gasteiger charge is 2.25. The molecule has 1 fully saturated rings. The second-order valence-corrected chi connectivity index (χ2v) is 9.05. The molecule has 0 saturated carbocycles. The Morgan fingerprint density at radius 1 is 1.11 bits per heavy atom. The van der Waals surface area contributed by atoms with Gasteiger partial charge >= 0.3 is 0 Å². The number of rotatable bonds is 9. The zero-order chi connectivity index (χ0) is 19.8. The van der Waals surface area contributed by atoms with Crippen molar-refractivity contribution in [3.63, 3.8) is 0 Å². The average Bonchev–Trinajstić information content (AvgIpc) is 3.24. The summed E-state index contributed by atoms with van der Waals surface area (Å²) in [6, 6.07) is 6.93. The van der Waals surface area contributed by atoms with Gasteiger partial charge in [-0.1, -0.05) is 18.6 Å². The van der Waals surface area contributed by atoms with Crippen LogP contribution < -0.4 is 5.32 Å². The van der Waals surface area contributed by atoms with Crippen molar-refractivity contribution in [3.05, 3.63) is 48.5 Å². The van der Waals surface area contributed by atoms with Gasteiger partial charge in [-0.2, -0.15) is 4.31 Å². The molecule has 1 saturated heterocycles. The molecule has 2 heterocycles. The summed E-state index contributed by atoms with van der Waals surface area (Å²) >= 11 is 0. The molecule has 1 N–H and O–H groups in total. The van der Waals surface area contributed by atoms with Gasteiger partial charge in [0, 0.05) is 45.0 Å². The van der Waals surface area contributed by atoms with Crippen LogP contribution in [0.3, 0.4) is 0 Å². The molecule has 0 aliphatic carbocycles. The van der Waals surface area contributed by atoms with E-state index in [4.69, 9.17) is 0 Å². The third-order valence-corrected chi connectivity index (χ3v) is 6.90. The number of hydrogen-bond donors (Lipinski definition) is 1. The van der Waals surface area contributed by atoms with E-state index in [9.17, 15) is 13.2 Å². The van der Waals surface area contributed by atoms with Crippen LogP contribution in [0.1, 0.15) is 37.7 Å². The molecule has 1 aliphatic rings. The molecule has 8 heteroatoms. The minimum atomic E-state index is -3.40. The summed E-state index contributed by atoms with van der Waals surface area (Å²) in [7, 11) is -3.40. The van der Waals surface area contributed by atoms with E-state index in [-0.39, 0.29) is 5.91 Å². The van der Waals surface area contributed by atoms with Gasteiger partial charge in [0.1, 0.15) is 0 Å². The molecule has 1 aromatic heterocycles. The van der Waals surface area contributed by atoms with E-state index in [1.807, 2.05) is 22.9 Å². The number of aromatic nitrogens is 2. The molecule has 3 rings (SSSR count). The highest BCUT2D eigenvalue weighted by molar-refractivity contribution is 7.89. The van der Waals surface area contributed by atoms with Gasteiger partial charge in [0.15, 0.2) is 0 Å². The Labute approximate surface area is 166 Å². The van der Waals surface area contributed by atoms with Gasteiger partial charge in [-0.15, -0.1) is 0 Å². The van der Waals surface area contributed by atoms with Crippen LogP contribution in [0.2, 0.25) is 0 Å². The maximum absolute atomic E-state index is 12.7. The van der Waals surface area contributed by atoms with Crippen molar-refractivity contribution in [1.29, 1.82) is 0 Å². The van der Waals surface area contributed by atoms with E-state index in [0.717, 1.165) is 37.8 Å². The molecule has 0 atom stereocenters. The lowest BCUT2D eigenvalue weighted by molar-refractivity contribution is -0.121. The number of carbonyl (C=O) groups excluding carboxylic acids is 1. The van der Waals surface area contributed by atoms with E-state index < -0.39 is 10.0 Å². The fourth-order valence-corrected chi connectivity index (χ4v) is 4.85. The van der Waals surface area contributed by atoms with Crippen LogP contribution in [0, 0.1) is 0 Å². The first-order chi connectivity index (χ1) is 13.6. The molecule has 2 aromatic rings. The van der Waals surface area contributed by atoms with E-state index in [2.05, 4.69) is 10.3 Å². The number of piperidine rings is 1. The normalized spacial score (nSPS) is 15.4. The first-order valence-electron chi connectivity index (χ1n) is 9.87. The predicted octanol–water partition coefficient (Wildman–Crippen LogP) is 2.20. The fraction of sp³-hybridized carbons (Fsp3) is 0.500. The standard InChI is InChI=1S/C20H28N4O3S/c25-20(22-11-4-13-23-16-12-21-17-23)10-7-18-5-8-19(9-6-18)28(26,27)24-14-2-1-3-15-24/h5-6,8-9,12,16-17H,1-4,7,10-11,13-15H2,(H,22,25). The highest BCUT2D eigenvalue weighted by Crippen LogP contribution is 2.21. The van der Waals surface area contributed by atoms with Crippen LogP contribution >= 0.6 is 0 Å². The number of aryl methyl sites for hydroxylation is 2. The number of amides is 1. The molecule has 1 aliphatic heterocycles. The predicted molar refractivity (Wildman–Crippen MR) is 107 cm³/mol. The van der Waals surface area contributed by atoms with E-state index in [1.54, 1.807) is 29.0 Å². The number of nitrogens with zero attached hydrogens (tertiary/aromatic N) is 3. The van der Waals surface area contributed by atoms with Gasteiger partial charge in [-0.05, 0) is 43.4 Å². The molecular formula is C20H28N4O3S. The number of carbonyl (C=O) groups is 1. The number of nitrogens with one attached hydrogen (secondary N) is 1. The van der Waals surface area contributed by atoms with Crippen molar-refractivity contribution < 1.29 is 13.2 Å². The largest absolute Gasteiger partial charge is 0.356 e. The van der Waals surface area contributed by atoms with Crippen LogP contribution in [0.25, 0.3) is 0 Å². The Kier molecular flexibility index (Phi) is 7.22. The molecule has 0 unspecified atom stereocenters. The summed E-state index contributed by atoms with van der Waals surface area (Å²) in [6.45, 7) is 2.66. The molecule has 1 aromatic carbocycles. The van der Waals surface area contributed by atoms with Gasteiger partial charge in [0.2, 0.25) is 15.9 Å². The number of hydrogen-bond acceptors (Lipinski definition) is 4. The van der Waals surface area contributed by atoms with Crippen molar-refractivity contribution in [2.75, 3.05) is 19.6 Å². The van der Waals surface area contributed by atoms with Gasteiger partial charge in [0.25, 0.3) is 0 Å². The maximum Gasteiger partial charge on any atom is 0.243 e. The maximum atomic E-state index is 12.7. The molecule has 7 nitrogen and oxygen atoms in total. The lowest BCUT2D eigenvalue weighted by Gasteiger charge is -2.25. The van der Waals surface area contributed by atoms with Crippen molar-refractivity contribution in [2.24, 2.45) is 0 Å². The van der Waals surface area contributed by atoms with Gasteiger partial charge in [0.05, 0.1) is 11.2 Å². The van der Waals surface area contributed by atoms with Crippen molar-refractivity contribution in [2.45, 2.75) is 50.0 Å². The molecule has 1 amide bonds. The van der Waals surface area contributed by atoms with Crippen LogP contribution in [0.15, 0.2) is 47.9 Å². The lowest BCUT2D eigenvalue weighted by atomic mass is 10.1. The van der Waals surface area contributed by atoms with Crippen molar-refractivity contribution >= 4 is 15.9 Å². The Bertz CT molecular complexity index is 842. The Balaban J connectivity index is 1.41. The molecule has 28 heavy (non-hydrogen) atoms. The first kappa shape index (κ1) is 20.5. The third-order valence-electron chi connectivity index (χ3n) is 4.99. The Hall–Kier alpha value is -2.19. The molecular weight excluding hydrogens is 376 g/mol. The minimum absolute atomic E-state index is 0.00986. The first-order valence-corrected chi connectivity index (χ1v) is 11.3. The molecule has 0 bridgehead atoms. The Morgan fingerprint density at radius 3 is 2.54 bits per heavy atom. The average molecular weight is 405 g/mol. The topological polar surface area (TPSA) is 84.3 Å². The summed E-state index contributed by atoms with van der Waals surface area (Å²) in [4.78, 5) is 16.3. The van der Waals surface area contributed by atoms with E-state index in [1.165, 1.54) is 0 Å². The van der Waals surface area contributed by atoms with Crippen LogP contribution in [-0.4, -0.2) is 47.8 Å². The van der Waals surface area contributed by atoms with Gasteiger partial charge in [-0.3, -0.25) is 4.79 Å². The fourth-order valence-electron chi connectivity index (χ4n) is 3.34. The van der Waals surface area contributed by atoms with Crippen molar-refractivity contribution in [1.82, 2.24) is 19.2 Å². The Morgan fingerprint density at radius 2 is 1.86 bits per heavy atom. The number of benzene rings is 1. The number of imidazole rings is 1. The second kappa shape index (κ2) is 9.84. The van der Waals surface area contributed by atoms with Gasteiger partial charge in [-0.25, -0.2) is 13.4 Å². The lowest BCUT2D eigenvalue weighted by Crippen LogP contribution is -2.35. The third kappa shape index (κ3) is 5.65. The van der Waals surface area contributed by atoms with Crippen molar-refractivity contribution in [3.8, 4) is 0 Å². The summed E-state index contributed by atoms with van der Waals surface area (Å²) in [5, 5.41) is 2.92. The summed E-state index contributed by atoms with van der Waals surface area (Å²) in [6.07, 6.45) is 10.2. The monoisotopic (exact) mass is 404 g/mol. The molecule has 0 spiro atoms. The molecule has 0 radical (unpaired) electrons. The van der Waals surface area contributed by atoms with Gasteiger partial charge < -0.3 is 9.88 Å². The smallest absolute Gasteiger partial charge is 0.243 e. The van der Waals surface area contributed by atoms with Crippen LogP contribution in [-0.2, 0) is 27.8 Å². The summed E-state index contributed by atoms with van der Waals surface area (Å²) in [5.41, 5.74) is 0.964. The highest BCUT2D eigenvalue weighted by atomic mass is 32.2. The SMILES string of the molecule is O=C(CCc1ccc(S(=O)(=O)N2CCCCC2)cc1)NCCCn1ccnc1. The zero-order valence-electron chi connectivity index (χ0n) is 16.1. The quantitative estimate of drug-likeness (QED) is 0.650. The van der Waals surface area contributed by atoms with Crippen LogP contribution in [0.5, 0.6) is 0 Å². The minimum Gasteiger partial charge on any atom is -0.356 e. The second-order valence-electron chi connectivity index (χ2n) is 7.11. The van der Waals surface area contributed by atoms with Crippen LogP contribution in [0.4, 0.5) is 0 Å². The molecule has 152 valence electrons.